The van der Waals surface area contributed by atoms with Crippen LogP contribution in [0.15, 0.2) is 23.3 Å². The van der Waals surface area contributed by atoms with Gasteiger partial charge in [-0.05, 0) is 18.6 Å². The minimum Gasteiger partial charge on any atom is -0.353 e. The highest BCUT2D eigenvalue weighted by atomic mass is 127. The Balaban J connectivity index is 0.00000200. The standard InChI is InChI=1S/C14H24N4S.HI/c1-4-13-11-18(8-9-19-13)14(15-2)16-10-12-6-5-7-17(12)3;/h5-7,13H,4,8-11H2,1-3H3,(H,15,16);1H. The monoisotopic (exact) mass is 408 g/mol. The molecule has 0 saturated carbocycles. The molecule has 1 fully saturated rings. The summed E-state index contributed by atoms with van der Waals surface area (Å²) in [6.07, 6.45) is 3.31. The summed E-state index contributed by atoms with van der Waals surface area (Å²) in [5.41, 5.74) is 1.28. The highest BCUT2D eigenvalue weighted by Crippen LogP contribution is 2.21. The molecule has 20 heavy (non-hydrogen) atoms. The highest BCUT2D eigenvalue weighted by molar-refractivity contribution is 14.0. The van der Waals surface area contributed by atoms with Gasteiger partial charge in [-0.2, -0.15) is 11.8 Å². The van der Waals surface area contributed by atoms with E-state index < -0.39 is 0 Å². The van der Waals surface area contributed by atoms with Crippen molar-refractivity contribution in [2.45, 2.75) is 25.1 Å². The van der Waals surface area contributed by atoms with Crippen LogP contribution in [0.4, 0.5) is 0 Å². The Morgan fingerprint density at radius 3 is 2.95 bits per heavy atom. The van der Waals surface area contributed by atoms with Gasteiger partial charge >= 0.3 is 0 Å². The Kier molecular flexibility index (Phi) is 7.79. The molecule has 1 aromatic rings. The molecule has 1 N–H and O–H groups in total. The smallest absolute Gasteiger partial charge is 0.194 e. The van der Waals surface area contributed by atoms with Crippen LogP contribution in [0.1, 0.15) is 19.0 Å². The van der Waals surface area contributed by atoms with Gasteiger partial charge < -0.3 is 14.8 Å². The van der Waals surface area contributed by atoms with Crippen LogP contribution in [-0.2, 0) is 13.6 Å². The molecule has 0 aliphatic carbocycles. The van der Waals surface area contributed by atoms with E-state index in [1.165, 1.54) is 17.9 Å². The average molecular weight is 408 g/mol. The SMILES string of the molecule is CCC1CN(C(=NC)NCc2cccn2C)CCS1.I. The Bertz CT molecular complexity index is 433. The van der Waals surface area contributed by atoms with Crippen LogP contribution >= 0.6 is 35.7 Å². The van der Waals surface area contributed by atoms with Crippen molar-refractivity contribution in [3.8, 4) is 0 Å². The van der Waals surface area contributed by atoms with Crippen LogP contribution in [0, 0.1) is 0 Å². The molecule has 4 nitrogen and oxygen atoms in total. The van der Waals surface area contributed by atoms with Gasteiger partial charge in [-0.3, -0.25) is 4.99 Å². The zero-order valence-corrected chi connectivity index (χ0v) is 15.6. The average Bonchev–Trinajstić information content (AvgIpc) is 2.85. The zero-order chi connectivity index (χ0) is 13.7. The van der Waals surface area contributed by atoms with E-state index >= 15 is 0 Å². The first-order valence-electron chi connectivity index (χ1n) is 6.92. The van der Waals surface area contributed by atoms with E-state index in [-0.39, 0.29) is 24.0 Å². The van der Waals surface area contributed by atoms with E-state index in [1.807, 2.05) is 7.05 Å². The molecule has 0 aromatic carbocycles. The second-order valence-electron chi connectivity index (χ2n) is 4.86. The first-order chi connectivity index (χ1) is 9.24. The lowest BCUT2D eigenvalue weighted by atomic mass is 10.3. The maximum absolute atomic E-state index is 4.42. The number of hydrogen-bond acceptors (Lipinski definition) is 2. The fourth-order valence-corrected chi connectivity index (χ4v) is 3.52. The summed E-state index contributed by atoms with van der Waals surface area (Å²) >= 11 is 2.08. The van der Waals surface area contributed by atoms with Crippen molar-refractivity contribution in [2.24, 2.45) is 12.0 Å². The van der Waals surface area contributed by atoms with Gasteiger partial charge in [-0.25, -0.2) is 0 Å². The lowest BCUT2D eigenvalue weighted by Crippen LogP contribution is -2.47. The normalized spacial score (nSPS) is 19.6. The molecule has 1 saturated heterocycles. The van der Waals surface area contributed by atoms with Crippen LogP contribution < -0.4 is 5.32 Å². The molecule has 1 aliphatic heterocycles. The number of nitrogens with one attached hydrogen (secondary N) is 1. The number of aliphatic imine (C=N–C) groups is 1. The summed E-state index contributed by atoms with van der Waals surface area (Å²) in [6.45, 7) is 5.29. The fourth-order valence-electron chi connectivity index (χ4n) is 2.34. The van der Waals surface area contributed by atoms with Crippen molar-refractivity contribution in [3.05, 3.63) is 24.0 Å². The van der Waals surface area contributed by atoms with Crippen molar-refractivity contribution < 1.29 is 0 Å². The molecule has 0 radical (unpaired) electrons. The van der Waals surface area contributed by atoms with E-state index in [0.717, 1.165) is 30.8 Å². The third kappa shape index (κ3) is 4.58. The number of halogens is 1. The Morgan fingerprint density at radius 1 is 1.55 bits per heavy atom. The summed E-state index contributed by atoms with van der Waals surface area (Å²) in [6, 6.07) is 4.21. The van der Waals surface area contributed by atoms with Crippen LogP contribution in [0.25, 0.3) is 0 Å². The third-order valence-electron chi connectivity index (χ3n) is 3.58. The van der Waals surface area contributed by atoms with Crippen LogP contribution in [-0.4, -0.2) is 46.6 Å². The lowest BCUT2D eigenvalue weighted by molar-refractivity contribution is 0.407. The summed E-state index contributed by atoms with van der Waals surface area (Å²) in [7, 11) is 3.94. The van der Waals surface area contributed by atoms with E-state index in [4.69, 9.17) is 0 Å². The maximum Gasteiger partial charge on any atom is 0.194 e. The Labute approximate surface area is 143 Å². The van der Waals surface area contributed by atoms with Gasteiger partial charge in [0.25, 0.3) is 0 Å². The Morgan fingerprint density at radius 2 is 2.35 bits per heavy atom. The predicted molar refractivity (Wildman–Crippen MR) is 99.1 cm³/mol. The van der Waals surface area contributed by atoms with Gasteiger partial charge in [0, 0.05) is 50.1 Å². The molecular formula is C14H25IN4S. The zero-order valence-electron chi connectivity index (χ0n) is 12.5. The van der Waals surface area contributed by atoms with Crippen molar-refractivity contribution >= 4 is 41.7 Å². The molecule has 2 rings (SSSR count). The summed E-state index contributed by atoms with van der Waals surface area (Å²) in [5.74, 6) is 2.23. The second kappa shape index (κ2) is 8.81. The number of hydrogen-bond donors (Lipinski definition) is 1. The quantitative estimate of drug-likeness (QED) is 0.474. The maximum atomic E-state index is 4.42. The van der Waals surface area contributed by atoms with Gasteiger partial charge in [-0.15, -0.1) is 24.0 Å². The van der Waals surface area contributed by atoms with Gasteiger partial charge in [0.1, 0.15) is 0 Å². The van der Waals surface area contributed by atoms with E-state index in [1.54, 1.807) is 0 Å². The van der Waals surface area contributed by atoms with Gasteiger partial charge in [0.05, 0.1) is 6.54 Å². The summed E-state index contributed by atoms with van der Waals surface area (Å²) in [5, 5.41) is 4.21. The fraction of sp³-hybridized carbons (Fsp3) is 0.643. The van der Waals surface area contributed by atoms with Crippen LogP contribution in [0.5, 0.6) is 0 Å². The number of rotatable bonds is 3. The van der Waals surface area contributed by atoms with Gasteiger partial charge in [-0.1, -0.05) is 6.92 Å². The largest absolute Gasteiger partial charge is 0.353 e. The first kappa shape index (κ1) is 17.7. The molecule has 1 atom stereocenters. The molecule has 6 heteroatoms. The summed E-state index contributed by atoms with van der Waals surface area (Å²) in [4.78, 5) is 6.81. The number of thioether (sulfide) groups is 1. The van der Waals surface area contributed by atoms with E-state index in [2.05, 4.69) is 63.8 Å². The van der Waals surface area contributed by atoms with Crippen LogP contribution in [0.3, 0.4) is 0 Å². The number of aryl methyl sites for hydroxylation is 1. The molecule has 0 amide bonds. The van der Waals surface area contributed by atoms with Gasteiger partial charge in [0.15, 0.2) is 5.96 Å². The van der Waals surface area contributed by atoms with Crippen LogP contribution in [0.2, 0.25) is 0 Å². The van der Waals surface area contributed by atoms with Crippen molar-refractivity contribution in [3.63, 3.8) is 0 Å². The van der Waals surface area contributed by atoms with Gasteiger partial charge in [0.2, 0.25) is 0 Å². The molecule has 1 aliphatic rings. The molecular weight excluding hydrogens is 383 g/mol. The van der Waals surface area contributed by atoms with Crippen molar-refractivity contribution in [2.75, 3.05) is 25.9 Å². The molecule has 1 unspecified atom stereocenters. The van der Waals surface area contributed by atoms with Crippen molar-refractivity contribution in [1.82, 2.24) is 14.8 Å². The second-order valence-corrected chi connectivity index (χ2v) is 6.27. The minimum absolute atomic E-state index is 0. The minimum atomic E-state index is 0. The highest BCUT2D eigenvalue weighted by Gasteiger charge is 2.21. The Hall–Kier alpha value is -0.370. The number of aromatic nitrogens is 1. The molecule has 2 heterocycles. The summed E-state index contributed by atoms with van der Waals surface area (Å²) < 4.78 is 2.14. The lowest BCUT2D eigenvalue weighted by Gasteiger charge is -2.34. The van der Waals surface area contributed by atoms with Crippen molar-refractivity contribution in [1.29, 1.82) is 0 Å². The third-order valence-corrected chi connectivity index (χ3v) is 4.96. The van der Waals surface area contributed by atoms with E-state index in [0.29, 0.717) is 0 Å². The number of nitrogens with zero attached hydrogens (tertiary/aromatic N) is 3. The molecule has 0 spiro atoms. The first-order valence-corrected chi connectivity index (χ1v) is 7.97. The van der Waals surface area contributed by atoms with E-state index in [9.17, 15) is 0 Å². The molecule has 0 bridgehead atoms. The molecule has 1 aromatic heterocycles. The molecule has 114 valence electrons. The predicted octanol–water partition coefficient (Wildman–Crippen LogP) is 2.55. The topological polar surface area (TPSA) is 32.6 Å². The number of guanidine groups is 1.